The van der Waals surface area contributed by atoms with Gasteiger partial charge < -0.3 is 13.4 Å². The van der Waals surface area contributed by atoms with Crippen LogP contribution in [0.3, 0.4) is 0 Å². The Morgan fingerprint density at radius 2 is 1.83 bits per heavy atom. The van der Waals surface area contributed by atoms with E-state index in [1.165, 1.54) is 0 Å². The van der Waals surface area contributed by atoms with E-state index in [-0.39, 0.29) is 16.9 Å². The molecule has 0 saturated heterocycles. The molecule has 30 heavy (non-hydrogen) atoms. The number of nitriles is 2. The van der Waals surface area contributed by atoms with Crippen LogP contribution in [-0.2, 0) is 7.05 Å². The van der Waals surface area contributed by atoms with E-state index in [0.717, 1.165) is 17.0 Å². The summed E-state index contributed by atoms with van der Waals surface area (Å²) in [6.45, 7) is 0. The molecule has 0 fully saturated rings. The van der Waals surface area contributed by atoms with Gasteiger partial charge in [-0.2, -0.15) is 10.5 Å². The molecule has 0 spiro atoms. The maximum atomic E-state index is 13.0. The minimum Gasteiger partial charge on any atom is -0.463 e. The highest BCUT2D eigenvalue weighted by molar-refractivity contribution is 6.29. The Morgan fingerprint density at radius 3 is 2.50 bits per heavy atom. The SMILES string of the molecule is Cn1c(-c2ccco2)cc2oc(/C=C3\C(=O)c4ccccc4C3=C(C#N)C#N)cc21. The predicted octanol–water partition coefficient (Wildman–Crippen LogP) is 5.11. The van der Waals surface area contributed by atoms with Crippen LogP contribution in [0, 0.1) is 22.7 Å². The third-order valence-corrected chi connectivity index (χ3v) is 5.24. The van der Waals surface area contributed by atoms with Crippen molar-refractivity contribution in [3.05, 3.63) is 82.8 Å². The van der Waals surface area contributed by atoms with Crippen LogP contribution >= 0.6 is 0 Å². The highest BCUT2D eigenvalue weighted by Gasteiger charge is 2.32. The number of rotatable bonds is 2. The van der Waals surface area contributed by atoms with Crippen molar-refractivity contribution in [1.82, 2.24) is 4.57 Å². The van der Waals surface area contributed by atoms with Crippen LogP contribution in [0.5, 0.6) is 0 Å². The monoisotopic (exact) mass is 391 g/mol. The molecular weight excluding hydrogens is 378 g/mol. The van der Waals surface area contributed by atoms with Crippen LogP contribution in [-0.4, -0.2) is 10.4 Å². The average molecular weight is 391 g/mol. The summed E-state index contributed by atoms with van der Waals surface area (Å²) < 4.78 is 13.4. The number of hydrogen-bond acceptors (Lipinski definition) is 5. The van der Waals surface area contributed by atoms with Crippen LogP contribution < -0.4 is 0 Å². The third kappa shape index (κ3) is 2.45. The first-order valence-electron chi connectivity index (χ1n) is 9.16. The summed E-state index contributed by atoms with van der Waals surface area (Å²) in [4.78, 5) is 13.0. The molecule has 4 aromatic rings. The highest BCUT2D eigenvalue weighted by atomic mass is 16.3. The van der Waals surface area contributed by atoms with Gasteiger partial charge in [-0.3, -0.25) is 4.79 Å². The van der Waals surface area contributed by atoms with E-state index in [2.05, 4.69) is 0 Å². The largest absolute Gasteiger partial charge is 0.463 e. The van der Waals surface area contributed by atoms with Gasteiger partial charge in [0.15, 0.2) is 11.4 Å². The second-order valence-electron chi connectivity index (χ2n) is 6.87. The maximum absolute atomic E-state index is 13.0. The standard InChI is InChI=1S/C24H13N3O3/c1-27-19-10-15(30-22(19)11-20(27)21-7-4-8-29-21)9-18-23(14(12-25)13-26)16-5-2-3-6-17(16)24(18)28/h2-11H,1H3/b18-9-. The van der Waals surface area contributed by atoms with Gasteiger partial charge in [0.1, 0.15) is 29.2 Å². The molecule has 0 radical (unpaired) electrons. The molecule has 0 amide bonds. The first-order chi connectivity index (χ1) is 14.6. The first kappa shape index (κ1) is 17.5. The quantitative estimate of drug-likeness (QED) is 0.349. The molecule has 0 aliphatic heterocycles. The Hall–Kier alpha value is -4.55. The fourth-order valence-corrected chi connectivity index (χ4v) is 3.85. The summed E-state index contributed by atoms with van der Waals surface area (Å²) in [6.07, 6.45) is 3.21. The summed E-state index contributed by atoms with van der Waals surface area (Å²) in [5, 5.41) is 18.8. The number of Topliss-reactive ketones (excluding diaryl/α,β-unsaturated/α-hetero) is 1. The molecule has 1 aromatic carbocycles. The molecule has 6 nitrogen and oxygen atoms in total. The number of carbonyl (C=O) groups is 1. The predicted molar refractivity (Wildman–Crippen MR) is 110 cm³/mol. The van der Waals surface area contributed by atoms with Gasteiger partial charge in [0.25, 0.3) is 0 Å². The average Bonchev–Trinajstić information content (AvgIpc) is 3.52. The molecule has 1 aliphatic rings. The molecule has 0 saturated carbocycles. The van der Waals surface area contributed by atoms with Crippen molar-refractivity contribution >= 4 is 28.5 Å². The van der Waals surface area contributed by atoms with E-state index >= 15 is 0 Å². The van der Waals surface area contributed by atoms with Gasteiger partial charge in [-0.1, -0.05) is 24.3 Å². The van der Waals surface area contributed by atoms with E-state index < -0.39 is 0 Å². The number of aryl methyl sites for hydroxylation is 1. The molecule has 0 atom stereocenters. The summed E-state index contributed by atoms with van der Waals surface area (Å²) in [5.74, 6) is 0.953. The number of furan rings is 2. The lowest BCUT2D eigenvalue weighted by molar-refractivity contribution is 0.104. The number of aromatic nitrogens is 1. The molecular formula is C24H13N3O3. The van der Waals surface area contributed by atoms with Gasteiger partial charge in [0, 0.05) is 35.9 Å². The van der Waals surface area contributed by atoms with E-state index in [1.807, 2.05) is 48.0 Å². The van der Waals surface area contributed by atoms with Crippen molar-refractivity contribution in [3.8, 4) is 23.6 Å². The van der Waals surface area contributed by atoms with Gasteiger partial charge in [0.05, 0.1) is 17.5 Å². The Balaban J connectivity index is 1.66. The lowest BCUT2D eigenvalue weighted by Crippen LogP contribution is -1.95. The maximum Gasteiger partial charge on any atom is 0.194 e. The number of nitrogens with zero attached hydrogens (tertiary/aromatic N) is 3. The zero-order valence-electron chi connectivity index (χ0n) is 15.8. The van der Waals surface area contributed by atoms with Crippen molar-refractivity contribution in [2.45, 2.75) is 0 Å². The Morgan fingerprint density at radius 1 is 1.07 bits per heavy atom. The molecule has 0 unspecified atom stereocenters. The summed E-state index contributed by atoms with van der Waals surface area (Å²) >= 11 is 0. The molecule has 6 heteroatoms. The van der Waals surface area contributed by atoms with E-state index in [1.54, 1.807) is 36.6 Å². The zero-order chi connectivity index (χ0) is 20.8. The van der Waals surface area contributed by atoms with Crippen LogP contribution in [0.25, 0.3) is 34.2 Å². The molecule has 0 bridgehead atoms. The van der Waals surface area contributed by atoms with Gasteiger partial charge in [-0.05, 0) is 23.8 Å². The lowest BCUT2D eigenvalue weighted by Gasteiger charge is -2.01. The highest BCUT2D eigenvalue weighted by Crippen LogP contribution is 2.40. The molecule has 142 valence electrons. The normalized spacial score (nSPS) is 14.2. The van der Waals surface area contributed by atoms with Crippen molar-refractivity contribution in [2.24, 2.45) is 7.05 Å². The van der Waals surface area contributed by atoms with E-state index in [9.17, 15) is 15.3 Å². The summed E-state index contributed by atoms with van der Waals surface area (Å²) in [6, 6.07) is 18.2. The van der Waals surface area contributed by atoms with Gasteiger partial charge in [0.2, 0.25) is 0 Å². The fraction of sp³-hybridized carbons (Fsp3) is 0.0417. The van der Waals surface area contributed by atoms with Crippen molar-refractivity contribution in [2.75, 3.05) is 0 Å². The van der Waals surface area contributed by atoms with Crippen LogP contribution in [0.2, 0.25) is 0 Å². The van der Waals surface area contributed by atoms with Gasteiger partial charge >= 0.3 is 0 Å². The van der Waals surface area contributed by atoms with E-state index in [0.29, 0.717) is 28.0 Å². The van der Waals surface area contributed by atoms with Gasteiger partial charge in [-0.15, -0.1) is 0 Å². The third-order valence-electron chi connectivity index (χ3n) is 5.24. The molecule has 0 N–H and O–H groups in total. The van der Waals surface area contributed by atoms with Gasteiger partial charge in [-0.25, -0.2) is 0 Å². The number of fused-ring (bicyclic) bond motifs is 2. The van der Waals surface area contributed by atoms with Crippen LogP contribution in [0.1, 0.15) is 21.7 Å². The van der Waals surface area contributed by atoms with Crippen molar-refractivity contribution in [3.63, 3.8) is 0 Å². The number of allylic oxidation sites excluding steroid dienone is 3. The summed E-state index contributed by atoms with van der Waals surface area (Å²) in [5.41, 5.74) is 3.93. The lowest BCUT2D eigenvalue weighted by atomic mass is 9.99. The Kier molecular flexibility index (Phi) is 3.81. The van der Waals surface area contributed by atoms with Crippen molar-refractivity contribution < 1.29 is 13.6 Å². The number of ketones is 1. The number of benzene rings is 1. The number of hydrogen-bond donors (Lipinski definition) is 0. The molecule has 5 rings (SSSR count). The smallest absolute Gasteiger partial charge is 0.194 e. The van der Waals surface area contributed by atoms with Crippen LogP contribution in [0.15, 0.2) is 74.8 Å². The minimum atomic E-state index is -0.236. The molecule has 1 aliphatic carbocycles. The molecule has 3 heterocycles. The van der Waals surface area contributed by atoms with E-state index in [4.69, 9.17) is 8.83 Å². The molecule has 3 aromatic heterocycles. The fourth-order valence-electron chi connectivity index (χ4n) is 3.85. The minimum absolute atomic E-state index is 0.101. The Bertz CT molecular complexity index is 1460. The second-order valence-corrected chi connectivity index (χ2v) is 6.87. The zero-order valence-corrected chi connectivity index (χ0v) is 15.8. The summed E-state index contributed by atoms with van der Waals surface area (Å²) in [7, 11) is 1.90. The van der Waals surface area contributed by atoms with Crippen LogP contribution in [0.4, 0.5) is 0 Å². The van der Waals surface area contributed by atoms with Crippen molar-refractivity contribution in [1.29, 1.82) is 10.5 Å². The second kappa shape index (κ2) is 6.51. The Labute approximate surface area is 171 Å². The first-order valence-corrected chi connectivity index (χ1v) is 9.16. The number of carbonyl (C=O) groups excluding carboxylic acids is 1. The topological polar surface area (TPSA) is 95.9 Å².